The van der Waals surface area contributed by atoms with E-state index in [9.17, 15) is 9.59 Å². The number of likely N-dealkylation sites (N-methyl/N-ethyl adjacent to an activating group) is 1. The highest BCUT2D eigenvalue weighted by molar-refractivity contribution is 7.99. The molecule has 0 bridgehead atoms. The number of carbonyl (C=O) groups excluding carboxylic acids is 2. The normalized spacial score (nSPS) is 18.6. The smallest absolute Gasteiger partial charge is 0.245 e. The van der Waals surface area contributed by atoms with Gasteiger partial charge in [0.2, 0.25) is 11.8 Å². The molecule has 1 fully saturated rings. The first-order valence-corrected chi connectivity index (χ1v) is 8.70. The Kier molecular flexibility index (Phi) is 6.24. The van der Waals surface area contributed by atoms with Gasteiger partial charge in [0, 0.05) is 26.3 Å². The van der Waals surface area contributed by atoms with Crippen LogP contribution in [0.25, 0.3) is 0 Å². The Hall–Kier alpha value is -1.56. The maximum absolute atomic E-state index is 12.5. The zero-order valence-corrected chi connectivity index (χ0v) is 14.0. The average Bonchev–Trinajstić information content (AvgIpc) is 2.55. The van der Waals surface area contributed by atoms with E-state index in [0.717, 1.165) is 24.3 Å². The van der Waals surface area contributed by atoms with Gasteiger partial charge in [0.05, 0.1) is 10.8 Å². The maximum atomic E-state index is 12.5. The lowest BCUT2D eigenvalue weighted by atomic mass is 10.0. The Morgan fingerprint density at radius 1 is 1.41 bits per heavy atom. The summed E-state index contributed by atoms with van der Waals surface area (Å²) in [5, 5.41) is 0.835. The number of piperazine rings is 1. The van der Waals surface area contributed by atoms with Gasteiger partial charge in [-0.05, 0) is 18.6 Å². The van der Waals surface area contributed by atoms with Crippen LogP contribution in [0.5, 0.6) is 0 Å². The molecule has 0 radical (unpaired) electrons. The van der Waals surface area contributed by atoms with Gasteiger partial charge in [0.1, 0.15) is 6.04 Å². The van der Waals surface area contributed by atoms with Crippen molar-refractivity contribution in [3.8, 4) is 0 Å². The lowest BCUT2D eigenvalue weighted by Gasteiger charge is -2.39. The van der Waals surface area contributed by atoms with Gasteiger partial charge in [-0.3, -0.25) is 9.59 Å². The number of aromatic nitrogens is 1. The summed E-state index contributed by atoms with van der Waals surface area (Å²) in [6.45, 7) is 3.33. The first-order chi connectivity index (χ1) is 10.6. The van der Waals surface area contributed by atoms with E-state index in [1.807, 2.05) is 25.2 Å². The number of carbonyl (C=O) groups is 2. The molecule has 1 saturated heterocycles. The van der Waals surface area contributed by atoms with Gasteiger partial charge in [-0.25, -0.2) is 4.98 Å². The Balaban J connectivity index is 1.97. The summed E-state index contributed by atoms with van der Waals surface area (Å²) in [7, 11) is 1.81. The molecule has 1 unspecified atom stereocenters. The van der Waals surface area contributed by atoms with Gasteiger partial charge in [-0.1, -0.05) is 37.6 Å². The summed E-state index contributed by atoms with van der Waals surface area (Å²) in [6, 6.07) is 5.35. The molecule has 22 heavy (non-hydrogen) atoms. The Bertz CT molecular complexity index is 509. The van der Waals surface area contributed by atoms with Crippen LogP contribution in [0.4, 0.5) is 0 Å². The lowest BCUT2D eigenvalue weighted by Crippen LogP contribution is -2.57. The minimum absolute atomic E-state index is 0.0261. The summed E-state index contributed by atoms with van der Waals surface area (Å²) in [6.07, 6.45) is 4.45. The van der Waals surface area contributed by atoms with E-state index in [4.69, 9.17) is 0 Å². The number of rotatable bonds is 6. The number of hydrogen-bond acceptors (Lipinski definition) is 4. The van der Waals surface area contributed by atoms with Gasteiger partial charge in [-0.2, -0.15) is 0 Å². The van der Waals surface area contributed by atoms with Gasteiger partial charge in [0.15, 0.2) is 0 Å². The van der Waals surface area contributed by atoms with E-state index in [2.05, 4.69) is 11.9 Å². The van der Waals surface area contributed by atoms with E-state index in [1.54, 1.807) is 16.0 Å². The summed E-state index contributed by atoms with van der Waals surface area (Å²) < 4.78 is 0. The van der Waals surface area contributed by atoms with E-state index < -0.39 is 0 Å². The van der Waals surface area contributed by atoms with Crippen molar-refractivity contribution in [2.75, 3.05) is 25.9 Å². The van der Waals surface area contributed by atoms with Crippen LogP contribution in [0, 0.1) is 0 Å². The highest BCUT2D eigenvalue weighted by Gasteiger charge is 2.35. The van der Waals surface area contributed by atoms with Crippen LogP contribution in [0.3, 0.4) is 0 Å². The molecule has 0 spiro atoms. The van der Waals surface area contributed by atoms with Crippen molar-refractivity contribution in [3.63, 3.8) is 0 Å². The number of thioether (sulfide) groups is 1. The van der Waals surface area contributed by atoms with Crippen molar-refractivity contribution >= 4 is 23.6 Å². The Labute approximate surface area is 136 Å². The third kappa shape index (κ3) is 4.22. The van der Waals surface area contributed by atoms with Crippen LogP contribution < -0.4 is 0 Å². The van der Waals surface area contributed by atoms with Crippen molar-refractivity contribution in [1.29, 1.82) is 0 Å². The molecule has 1 aliphatic heterocycles. The van der Waals surface area contributed by atoms with Crippen LogP contribution in [-0.4, -0.2) is 58.5 Å². The van der Waals surface area contributed by atoms with E-state index in [1.165, 1.54) is 11.8 Å². The maximum Gasteiger partial charge on any atom is 0.245 e. The quantitative estimate of drug-likeness (QED) is 0.752. The molecular formula is C16H23N3O2S. The van der Waals surface area contributed by atoms with E-state index in [-0.39, 0.29) is 17.9 Å². The van der Waals surface area contributed by atoms with Crippen LogP contribution in [0.1, 0.15) is 26.2 Å². The molecule has 1 aromatic heterocycles. The van der Waals surface area contributed by atoms with Crippen LogP contribution >= 0.6 is 11.8 Å². The summed E-state index contributed by atoms with van der Waals surface area (Å²) in [5.74, 6) is 0.422. The standard InChI is InChI=1S/C16H23N3O2S/c1-3-4-7-13-16(21)18(2)10-11-19(13)15(20)12-22-14-8-5-6-9-17-14/h5-6,8-9,13H,3-4,7,10-12H2,1-2H3. The second-order valence-electron chi connectivity index (χ2n) is 5.46. The molecule has 1 atom stereocenters. The molecule has 2 amide bonds. The number of pyridine rings is 1. The molecular weight excluding hydrogens is 298 g/mol. The molecule has 0 N–H and O–H groups in total. The SMILES string of the molecule is CCCCC1C(=O)N(C)CCN1C(=O)CSc1ccccn1. The number of amides is 2. The Morgan fingerprint density at radius 2 is 2.23 bits per heavy atom. The van der Waals surface area contributed by atoms with Crippen molar-refractivity contribution in [2.24, 2.45) is 0 Å². The third-order valence-corrected chi connectivity index (χ3v) is 4.78. The van der Waals surface area contributed by atoms with Crippen LogP contribution in [-0.2, 0) is 9.59 Å². The molecule has 1 aliphatic rings. The number of nitrogens with zero attached hydrogens (tertiary/aromatic N) is 3. The van der Waals surface area contributed by atoms with Gasteiger partial charge in [-0.15, -0.1) is 0 Å². The van der Waals surface area contributed by atoms with E-state index in [0.29, 0.717) is 18.8 Å². The molecule has 2 rings (SSSR count). The minimum Gasteiger partial charge on any atom is -0.342 e. The molecule has 1 aromatic rings. The molecule has 0 aliphatic carbocycles. The molecule has 120 valence electrons. The topological polar surface area (TPSA) is 53.5 Å². The predicted octanol–water partition coefficient (Wildman–Crippen LogP) is 2.03. The highest BCUT2D eigenvalue weighted by Crippen LogP contribution is 2.20. The van der Waals surface area contributed by atoms with Gasteiger partial charge < -0.3 is 9.80 Å². The summed E-state index contributed by atoms with van der Waals surface area (Å²) in [5.41, 5.74) is 0. The monoisotopic (exact) mass is 321 g/mol. The van der Waals surface area contributed by atoms with Crippen LogP contribution in [0.2, 0.25) is 0 Å². The minimum atomic E-state index is -0.296. The van der Waals surface area contributed by atoms with Crippen molar-refractivity contribution in [3.05, 3.63) is 24.4 Å². The second-order valence-corrected chi connectivity index (χ2v) is 6.46. The second kappa shape index (κ2) is 8.17. The van der Waals surface area contributed by atoms with Crippen molar-refractivity contribution in [2.45, 2.75) is 37.3 Å². The van der Waals surface area contributed by atoms with Crippen LogP contribution in [0.15, 0.2) is 29.4 Å². The molecule has 5 nitrogen and oxygen atoms in total. The van der Waals surface area contributed by atoms with Crippen molar-refractivity contribution < 1.29 is 9.59 Å². The first kappa shape index (κ1) is 16.8. The zero-order chi connectivity index (χ0) is 15.9. The third-order valence-electron chi connectivity index (χ3n) is 3.85. The van der Waals surface area contributed by atoms with Gasteiger partial charge in [0.25, 0.3) is 0 Å². The molecule has 0 saturated carbocycles. The molecule has 2 heterocycles. The largest absolute Gasteiger partial charge is 0.342 e. The predicted molar refractivity (Wildman–Crippen MR) is 87.6 cm³/mol. The summed E-state index contributed by atoms with van der Waals surface area (Å²) in [4.78, 5) is 32.5. The summed E-state index contributed by atoms with van der Waals surface area (Å²) >= 11 is 1.42. The number of hydrogen-bond donors (Lipinski definition) is 0. The Morgan fingerprint density at radius 3 is 2.91 bits per heavy atom. The number of unbranched alkanes of at least 4 members (excludes halogenated alkanes) is 1. The van der Waals surface area contributed by atoms with Gasteiger partial charge >= 0.3 is 0 Å². The average molecular weight is 321 g/mol. The lowest BCUT2D eigenvalue weighted by molar-refractivity contribution is -0.149. The van der Waals surface area contributed by atoms with Crippen molar-refractivity contribution in [1.82, 2.24) is 14.8 Å². The zero-order valence-electron chi connectivity index (χ0n) is 13.2. The fourth-order valence-corrected chi connectivity index (χ4v) is 3.29. The fraction of sp³-hybridized carbons (Fsp3) is 0.562. The first-order valence-electron chi connectivity index (χ1n) is 7.71. The fourth-order valence-electron chi connectivity index (χ4n) is 2.54. The molecule has 0 aromatic carbocycles. The molecule has 6 heteroatoms. The van der Waals surface area contributed by atoms with E-state index >= 15 is 0 Å². The highest BCUT2D eigenvalue weighted by atomic mass is 32.2.